The zero-order valence-electron chi connectivity index (χ0n) is 9.29. The summed E-state index contributed by atoms with van der Waals surface area (Å²) in [5, 5.41) is 6.82. The van der Waals surface area contributed by atoms with Crippen LogP contribution in [0.2, 0.25) is 0 Å². The molecule has 0 saturated carbocycles. The maximum absolute atomic E-state index is 11.5. The first-order valence-corrected chi connectivity index (χ1v) is 5.03. The van der Waals surface area contributed by atoms with E-state index in [0.29, 0.717) is 18.9 Å². The fraction of sp³-hybridized carbons (Fsp3) is 0.600. The van der Waals surface area contributed by atoms with Gasteiger partial charge in [0.2, 0.25) is 0 Å². The molecule has 0 aromatic carbocycles. The quantitative estimate of drug-likeness (QED) is 0.744. The van der Waals surface area contributed by atoms with Crippen LogP contribution in [0.5, 0.6) is 0 Å². The molecule has 5 nitrogen and oxygen atoms in total. The number of carbonyl (C=O) groups is 1. The van der Waals surface area contributed by atoms with Crippen LogP contribution in [0.4, 0.5) is 0 Å². The second kappa shape index (κ2) is 5.50. The van der Waals surface area contributed by atoms with Crippen molar-refractivity contribution in [2.75, 3.05) is 13.2 Å². The third-order valence-electron chi connectivity index (χ3n) is 2.01. The Balaban J connectivity index is 2.82. The Morgan fingerprint density at radius 2 is 2.27 bits per heavy atom. The zero-order chi connectivity index (χ0) is 11.3. The normalized spacial score (nSPS) is 10.3. The van der Waals surface area contributed by atoms with Crippen LogP contribution in [0.1, 0.15) is 35.7 Å². The largest absolute Gasteiger partial charge is 0.461 e. The summed E-state index contributed by atoms with van der Waals surface area (Å²) < 4.78 is 9.84. The summed E-state index contributed by atoms with van der Waals surface area (Å²) in [5.41, 5.74) is 1.05. The Morgan fingerprint density at radius 3 is 2.87 bits per heavy atom. The minimum Gasteiger partial charge on any atom is -0.461 e. The van der Waals surface area contributed by atoms with Crippen LogP contribution < -0.4 is 5.32 Å². The highest BCUT2D eigenvalue weighted by molar-refractivity contribution is 5.88. The van der Waals surface area contributed by atoms with Crippen LogP contribution in [0.3, 0.4) is 0 Å². The van der Waals surface area contributed by atoms with Crippen LogP contribution in [0.15, 0.2) is 4.52 Å². The fourth-order valence-electron chi connectivity index (χ4n) is 1.21. The molecular weight excluding hydrogens is 196 g/mol. The summed E-state index contributed by atoms with van der Waals surface area (Å²) in [5.74, 6) is 0.223. The molecule has 1 aromatic heterocycles. The lowest BCUT2D eigenvalue weighted by molar-refractivity contribution is 0.0513. The van der Waals surface area contributed by atoms with Crippen molar-refractivity contribution in [2.24, 2.45) is 0 Å². The summed E-state index contributed by atoms with van der Waals surface area (Å²) in [6.07, 6.45) is 0. The highest BCUT2D eigenvalue weighted by atomic mass is 16.5. The van der Waals surface area contributed by atoms with E-state index in [1.165, 1.54) is 0 Å². The Hall–Kier alpha value is -1.36. The number of hydrogen-bond donors (Lipinski definition) is 1. The molecule has 0 spiro atoms. The Labute approximate surface area is 88.8 Å². The van der Waals surface area contributed by atoms with Gasteiger partial charge in [-0.05, 0) is 20.4 Å². The molecule has 0 atom stereocenters. The van der Waals surface area contributed by atoms with Crippen molar-refractivity contribution >= 4 is 5.97 Å². The van der Waals surface area contributed by atoms with Gasteiger partial charge in [-0.25, -0.2) is 4.79 Å². The van der Waals surface area contributed by atoms with Crippen molar-refractivity contribution in [1.82, 2.24) is 10.5 Å². The van der Waals surface area contributed by atoms with Gasteiger partial charge < -0.3 is 14.6 Å². The summed E-state index contributed by atoms with van der Waals surface area (Å²) in [7, 11) is 0. The molecule has 1 aromatic rings. The Kier molecular flexibility index (Phi) is 4.30. The van der Waals surface area contributed by atoms with Crippen LogP contribution in [0.25, 0.3) is 0 Å². The molecule has 0 unspecified atom stereocenters. The summed E-state index contributed by atoms with van der Waals surface area (Å²) in [6, 6.07) is 0. The predicted octanol–water partition coefficient (Wildman–Crippen LogP) is 1.27. The van der Waals surface area contributed by atoms with Crippen LogP contribution in [-0.2, 0) is 11.3 Å². The molecule has 1 heterocycles. The lowest BCUT2D eigenvalue weighted by atomic mass is 10.2. The number of aryl methyl sites for hydroxylation is 1. The number of hydrogen-bond acceptors (Lipinski definition) is 5. The first-order valence-electron chi connectivity index (χ1n) is 5.03. The van der Waals surface area contributed by atoms with E-state index in [-0.39, 0.29) is 5.69 Å². The number of nitrogens with one attached hydrogen (secondary N) is 1. The summed E-state index contributed by atoms with van der Waals surface area (Å²) >= 11 is 0. The van der Waals surface area contributed by atoms with Gasteiger partial charge in [-0.15, -0.1) is 0 Å². The average Bonchev–Trinajstić information content (AvgIpc) is 2.57. The van der Waals surface area contributed by atoms with E-state index in [1.807, 2.05) is 6.92 Å². The zero-order valence-corrected chi connectivity index (χ0v) is 9.29. The van der Waals surface area contributed by atoms with Crippen molar-refractivity contribution in [1.29, 1.82) is 0 Å². The van der Waals surface area contributed by atoms with Gasteiger partial charge in [0, 0.05) is 12.1 Å². The van der Waals surface area contributed by atoms with E-state index in [1.54, 1.807) is 13.8 Å². The van der Waals surface area contributed by atoms with Crippen LogP contribution in [-0.4, -0.2) is 24.3 Å². The van der Waals surface area contributed by atoms with E-state index >= 15 is 0 Å². The molecule has 0 saturated heterocycles. The maximum Gasteiger partial charge on any atom is 0.360 e. The number of ether oxygens (including phenoxy) is 1. The summed E-state index contributed by atoms with van der Waals surface area (Å²) in [4.78, 5) is 11.5. The topological polar surface area (TPSA) is 64.4 Å². The first kappa shape index (κ1) is 11.7. The molecule has 5 heteroatoms. The lowest BCUT2D eigenvalue weighted by Crippen LogP contribution is -2.16. The third kappa shape index (κ3) is 2.79. The van der Waals surface area contributed by atoms with Crippen molar-refractivity contribution < 1.29 is 14.1 Å². The summed E-state index contributed by atoms with van der Waals surface area (Å²) in [6.45, 7) is 7.27. The molecule has 0 amide bonds. The fourth-order valence-corrected chi connectivity index (χ4v) is 1.21. The Bertz CT molecular complexity index is 333. The smallest absolute Gasteiger partial charge is 0.360 e. The van der Waals surface area contributed by atoms with Crippen molar-refractivity contribution in [3.05, 3.63) is 17.0 Å². The van der Waals surface area contributed by atoms with Crippen LogP contribution in [0, 0.1) is 6.92 Å². The molecule has 0 aliphatic heterocycles. The molecule has 1 rings (SSSR count). The second-order valence-corrected chi connectivity index (χ2v) is 3.07. The molecular formula is C10H16N2O3. The highest BCUT2D eigenvalue weighted by Crippen LogP contribution is 2.14. The average molecular weight is 212 g/mol. The monoisotopic (exact) mass is 212 g/mol. The van der Waals surface area contributed by atoms with Gasteiger partial charge in [-0.2, -0.15) is 0 Å². The number of nitrogens with zero attached hydrogens (tertiary/aromatic N) is 1. The molecule has 1 N–H and O–H groups in total. The minimum atomic E-state index is -0.428. The van der Waals surface area contributed by atoms with Gasteiger partial charge in [0.15, 0.2) is 5.69 Å². The SMILES string of the molecule is CCNCc1c(C(=O)OCC)noc1C. The van der Waals surface area contributed by atoms with Crippen LogP contribution >= 0.6 is 0 Å². The molecule has 0 aliphatic rings. The molecule has 84 valence electrons. The minimum absolute atomic E-state index is 0.273. The van der Waals surface area contributed by atoms with Gasteiger partial charge in [0.05, 0.1) is 6.61 Å². The maximum atomic E-state index is 11.5. The molecule has 0 bridgehead atoms. The molecule has 0 aliphatic carbocycles. The van der Waals surface area contributed by atoms with Gasteiger partial charge in [0.1, 0.15) is 5.76 Å². The van der Waals surface area contributed by atoms with Gasteiger partial charge >= 0.3 is 5.97 Å². The van der Waals surface area contributed by atoms with Crippen molar-refractivity contribution in [2.45, 2.75) is 27.3 Å². The van der Waals surface area contributed by atoms with E-state index in [0.717, 1.165) is 12.1 Å². The van der Waals surface area contributed by atoms with Gasteiger partial charge in [0.25, 0.3) is 0 Å². The van der Waals surface area contributed by atoms with E-state index < -0.39 is 5.97 Å². The van der Waals surface area contributed by atoms with E-state index in [2.05, 4.69) is 10.5 Å². The van der Waals surface area contributed by atoms with Crippen molar-refractivity contribution in [3.8, 4) is 0 Å². The molecule has 0 radical (unpaired) electrons. The lowest BCUT2D eigenvalue weighted by Gasteiger charge is -2.02. The third-order valence-corrected chi connectivity index (χ3v) is 2.01. The van der Waals surface area contributed by atoms with Gasteiger partial charge in [-0.3, -0.25) is 0 Å². The number of rotatable bonds is 5. The predicted molar refractivity (Wildman–Crippen MR) is 54.6 cm³/mol. The highest BCUT2D eigenvalue weighted by Gasteiger charge is 2.19. The number of carbonyl (C=O) groups excluding carboxylic acids is 1. The van der Waals surface area contributed by atoms with E-state index in [4.69, 9.17) is 9.26 Å². The van der Waals surface area contributed by atoms with Crippen molar-refractivity contribution in [3.63, 3.8) is 0 Å². The van der Waals surface area contributed by atoms with Gasteiger partial charge in [-0.1, -0.05) is 12.1 Å². The Morgan fingerprint density at radius 1 is 1.53 bits per heavy atom. The number of aromatic nitrogens is 1. The second-order valence-electron chi connectivity index (χ2n) is 3.07. The molecule has 15 heavy (non-hydrogen) atoms. The molecule has 0 fully saturated rings. The standard InChI is InChI=1S/C10H16N2O3/c1-4-11-6-8-7(3)15-12-9(8)10(13)14-5-2/h11H,4-6H2,1-3H3. The van der Waals surface area contributed by atoms with E-state index in [9.17, 15) is 4.79 Å². The number of esters is 1. The first-order chi connectivity index (χ1) is 7.20.